The predicted molar refractivity (Wildman–Crippen MR) is 60.5 cm³/mol. The Labute approximate surface area is 105 Å². The third kappa shape index (κ3) is 2.07. The molecular formula is C12H17NO5. The SMILES string of the molecule is CC1C2C(=O)OC(=O)C2CN1C(=O)OC(C)(C)C. The van der Waals surface area contributed by atoms with E-state index in [1.807, 2.05) is 0 Å². The first-order valence-electron chi connectivity index (χ1n) is 5.96. The van der Waals surface area contributed by atoms with Crippen molar-refractivity contribution in [2.24, 2.45) is 11.8 Å². The number of hydrogen-bond acceptors (Lipinski definition) is 5. The van der Waals surface area contributed by atoms with Crippen LogP contribution >= 0.6 is 0 Å². The fraction of sp³-hybridized carbons (Fsp3) is 0.750. The summed E-state index contributed by atoms with van der Waals surface area (Å²) in [7, 11) is 0. The molecule has 1 amide bonds. The first kappa shape index (κ1) is 12.9. The van der Waals surface area contributed by atoms with Crippen LogP contribution in [0, 0.1) is 11.8 Å². The van der Waals surface area contributed by atoms with Crippen LogP contribution in [0.2, 0.25) is 0 Å². The van der Waals surface area contributed by atoms with Gasteiger partial charge in [0, 0.05) is 12.6 Å². The summed E-state index contributed by atoms with van der Waals surface area (Å²) >= 11 is 0. The quantitative estimate of drug-likeness (QED) is 0.476. The van der Waals surface area contributed by atoms with Crippen molar-refractivity contribution in [3.63, 3.8) is 0 Å². The van der Waals surface area contributed by atoms with E-state index in [2.05, 4.69) is 4.74 Å². The number of amides is 1. The number of nitrogens with zero attached hydrogens (tertiary/aromatic N) is 1. The van der Waals surface area contributed by atoms with Gasteiger partial charge in [-0.1, -0.05) is 0 Å². The topological polar surface area (TPSA) is 72.9 Å². The lowest BCUT2D eigenvalue weighted by Crippen LogP contribution is -2.41. The minimum Gasteiger partial charge on any atom is -0.444 e. The number of esters is 2. The zero-order valence-electron chi connectivity index (χ0n) is 10.9. The summed E-state index contributed by atoms with van der Waals surface area (Å²) in [5.41, 5.74) is -0.598. The van der Waals surface area contributed by atoms with Gasteiger partial charge >= 0.3 is 18.0 Å². The van der Waals surface area contributed by atoms with Gasteiger partial charge in [-0.25, -0.2) is 4.79 Å². The fourth-order valence-corrected chi connectivity index (χ4v) is 2.41. The van der Waals surface area contributed by atoms with Crippen LogP contribution in [0.3, 0.4) is 0 Å². The molecular weight excluding hydrogens is 238 g/mol. The Morgan fingerprint density at radius 3 is 2.44 bits per heavy atom. The molecule has 6 heteroatoms. The van der Waals surface area contributed by atoms with Crippen LogP contribution in [-0.4, -0.2) is 41.1 Å². The van der Waals surface area contributed by atoms with E-state index in [0.29, 0.717) is 0 Å². The molecule has 3 atom stereocenters. The number of rotatable bonds is 0. The number of hydrogen-bond donors (Lipinski definition) is 0. The average molecular weight is 255 g/mol. The first-order valence-corrected chi connectivity index (χ1v) is 5.96. The molecule has 2 fully saturated rings. The Balaban J connectivity index is 2.12. The van der Waals surface area contributed by atoms with E-state index < -0.39 is 35.5 Å². The largest absolute Gasteiger partial charge is 0.444 e. The van der Waals surface area contributed by atoms with E-state index in [9.17, 15) is 14.4 Å². The highest BCUT2D eigenvalue weighted by molar-refractivity contribution is 5.98. The number of ether oxygens (including phenoxy) is 2. The summed E-state index contributed by atoms with van der Waals surface area (Å²) in [5.74, 6) is -2.17. The Kier molecular flexibility index (Phi) is 2.83. The van der Waals surface area contributed by atoms with Crippen molar-refractivity contribution in [1.29, 1.82) is 0 Å². The third-order valence-electron chi connectivity index (χ3n) is 3.24. The molecule has 18 heavy (non-hydrogen) atoms. The minimum absolute atomic E-state index is 0.186. The van der Waals surface area contributed by atoms with Gasteiger partial charge in [0.05, 0.1) is 11.8 Å². The van der Waals surface area contributed by atoms with Gasteiger partial charge in [-0.15, -0.1) is 0 Å². The van der Waals surface area contributed by atoms with Crippen LogP contribution in [-0.2, 0) is 19.1 Å². The number of carbonyl (C=O) groups excluding carboxylic acids is 3. The molecule has 2 rings (SSSR count). The summed E-state index contributed by atoms with van der Waals surface area (Å²) in [4.78, 5) is 36.3. The maximum atomic E-state index is 12.0. The summed E-state index contributed by atoms with van der Waals surface area (Å²) in [6, 6.07) is -0.371. The van der Waals surface area contributed by atoms with Crippen LogP contribution in [0.4, 0.5) is 4.79 Å². The van der Waals surface area contributed by atoms with Crippen molar-refractivity contribution in [1.82, 2.24) is 4.90 Å². The number of carbonyl (C=O) groups is 3. The highest BCUT2D eigenvalue weighted by atomic mass is 16.6. The van der Waals surface area contributed by atoms with E-state index in [4.69, 9.17) is 4.74 Å². The van der Waals surface area contributed by atoms with Crippen molar-refractivity contribution in [2.75, 3.05) is 6.54 Å². The molecule has 3 unspecified atom stereocenters. The fourth-order valence-electron chi connectivity index (χ4n) is 2.41. The minimum atomic E-state index is -0.598. The molecule has 0 aromatic rings. The van der Waals surface area contributed by atoms with E-state index in [1.54, 1.807) is 27.7 Å². The molecule has 2 saturated heterocycles. The molecule has 0 N–H and O–H groups in total. The van der Waals surface area contributed by atoms with Crippen LogP contribution in [0.1, 0.15) is 27.7 Å². The number of fused-ring (bicyclic) bond motifs is 1. The Morgan fingerprint density at radius 1 is 1.33 bits per heavy atom. The summed E-state index contributed by atoms with van der Waals surface area (Å²) < 4.78 is 9.82. The average Bonchev–Trinajstić information content (AvgIpc) is 2.65. The highest BCUT2D eigenvalue weighted by Crippen LogP contribution is 2.37. The molecule has 0 saturated carbocycles. The van der Waals surface area contributed by atoms with Gasteiger partial charge in [0.1, 0.15) is 5.60 Å². The molecule has 100 valence electrons. The van der Waals surface area contributed by atoms with E-state index in [-0.39, 0.29) is 12.6 Å². The Hall–Kier alpha value is -1.59. The molecule has 0 bridgehead atoms. The van der Waals surface area contributed by atoms with Gasteiger partial charge in [0.2, 0.25) is 0 Å². The standard InChI is InChI=1S/C12H17NO5/c1-6-8-7(9(14)17-10(8)15)5-13(6)11(16)18-12(2,3)4/h6-8H,5H2,1-4H3. The van der Waals surface area contributed by atoms with Gasteiger partial charge in [0.25, 0.3) is 0 Å². The van der Waals surface area contributed by atoms with Gasteiger partial charge in [-0.3, -0.25) is 9.59 Å². The molecule has 2 heterocycles. The number of cyclic esters (lactones) is 2. The molecule has 6 nitrogen and oxygen atoms in total. The van der Waals surface area contributed by atoms with Crippen LogP contribution in [0.15, 0.2) is 0 Å². The van der Waals surface area contributed by atoms with Crippen molar-refractivity contribution < 1.29 is 23.9 Å². The lowest BCUT2D eigenvalue weighted by atomic mass is 9.94. The molecule has 0 radical (unpaired) electrons. The van der Waals surface area contributed by atoms with Crippen LogP contribution in [0.25, 0.3) is 0 Å². The molecule has 0 aromatic carbocycles. The Bertz CT molecular complexity index is 411. The second-order valence-electron chi connectivity index (χ2n) is 5.75. The van der Waals surface area contributed by atoms with E-state index >= 15 is 0 Å². The van der Waals surface area contributed by atoms with Crippen molar-refractivity contribution in [2.45, 2.75) is 39.3 Å². The summed E-state index contributed by atoms with van der Waals surface area (Å²) in [6.07, 6.45) is -0.495. The third-order valence-corrected chi connectivity index (χ3v) is 3.24. The predicted octanol–water partition coefficient (Wildman–Crippen LogP) is 0.941. The second kappa shape index (κ2) is 3.96. The van der Waals surface area contributed by atoms with Gasteiger partial charge < -0.3 is 14.4 Å². The van der Waals surface area contributed by atoms with Crippen molar-refractivity contribution >= 4 is 18.0 Å². The molecule has 0 aromatic heterocycles. The normalized spacial score (nSPS) is 31.3. The van der Waals surface area contributed by atoms with Crippen LogP contribution < -0.4 is 0 Å². The van der Waals surface area contributed by atoms with Gasteiger partial charge in [-0.2, -0.15) is 0 Å². The van der Waals surface area contributed by atoms with E-state index in [0.717, 1.165) is 0 Å². The molecule has 2 aliphatic rings. The first-order chi connectivity index (χ1) is 8.20. The smallest absolute Gasteiger partial charge is 0.410 e. The Morgan fingerprint density at radius 2 is 1.94 bits per heavy atom. The molecule has 2 aliphatic heterocycles. The lowest BCUT2D eigenvalue weighted by molar-refractivity contribution is -0.154. The van der Waals surface area contributed by atoms with Gasteiger partial charge in [-0.05, 0) is 27.7 Å². The van der Waals surface area contributed by atoms with Crippen molar-refractivity contribution in [3.8, 4) is 0 Å². The summed E-state index contributed by atoms with van der Waals surface area (Å²) in [6.45, 7) is 7.23. The van der Waals surface area contributed by atoms with Crippen LogP contribution in [0.5, 0.6) is 0 Å². The zero-order chi connectivity index (χ0) is 13.7. The van der Waals surface area contributed by atoms with Crippen molar-refractivity contribution in [3.05, 3.63) is 0 Å². The van der Waals surface area contributed by atoms with Gasteiger partial charge in [0.15, 0.2) is 0 Å². The maximum Gasteiger partial charge on any atom is 0.410 e. The second-order valence-corrected chi connectivity index (χ2v) is 5.75. The zero-order valence-corrected chi connectivity index (χ0v) is 10.9. The number of likely N-dealkylation sites (tertiary alicyclic amines) is 1. The molecule has 0 spiro atoms. The summed E-state index contributed by atoms with van der Waals surface area (Å²) in [5, 5.41) is 0. The highest BCUT2D eigenvalue weighted by Gasteiger charge is 2.56. The lowest BCUT2D eigenvalue weighted by Gasteiger charge is -2.27. The maximum absolute atomic E-state index is 12.0. The molecule has 0 aliphatic carbocycles. The van der Waals surface area contributed by atoms with E-state index in [1.165, 1.54) is 4.90 Å². The monoisotopic (exact) mass is 255 g/mol.